The summed E-state index contributed by atoms with van der Waals surface area (Å²) in [5.74, 6) is -0.0950. The lowest BCUT2D eigenvalue weighted by Crippen LogP contribution is -2.32. The molecule has 7 nitrogen and oxygen atoms in total. The van der Waals surface area contributed by atoms with Crippen LogP contribution in [0.2, 0.25) is 0 Å². The van der Waals surface area contributed by atoms with E-state index in [4.69, 9.17) is 0 Å². The van der Waals surface area contributed by atoms with Crippen LogP contribution >= 0.6 is 0 Å². The first-order chi connectivity index (χ1) is 12.6. The molecule has 0 spiro atoms. The van der Waals surface area contributed by atoms with Gasteiger partial charge in [-0.15, -0.1) is 0 Å². The van der Waals surface area contributed by atoms with E-state index in [-0.39, 0.29) is 17.3 Å². The van der Waals surface area contributed by atoms with Crippen molar-refractivity contribution in [2.75, 3.05) is 19.6 Å². The molecule has 1 aliphatic heterocycles. The molecule has 2 N–H and O–H groups in total. The summed E-state index contributed by atoms with van der Waals surface area (Å²) in [4.78, 5) is 14.6. The van der Waals surface area contributed by atoms with Crippen LogP contribution in [0, 0.1) is 0 Å². The number of carbonyl (C=O) groups excluding carboxylic acids is 1. The van der Waals surface area contributed by atoms with Crippen molar-refractivity contribution in [2.45, 2.75) is 37.0 Å². The zero-order chi connectivity index (χ0) is 18.4. The lowest BCUT2D eigenvalue weighted by Gasteiger charge is -2.20. The number of H-pyrrole nitrogens is 1. The fourth-order valence-electron chi connectivity index (χ4n) is 3.08. The maximum Gasteiger partial charge on any atom is 0.253 e. The third kappa shape index (κ3) is 4.70. The molecule has 26 heavy (non-hydrogen) atoms. The van der Waals surface area contributed by atoms with Crippen LogP contribution in [-0.4, -0.2) is 49.1 Å². The maximum atomic E-state index is 12.7. The van der Waals surface area contributed by atoms with E-state index in [1.807, 2.05) is 4.90 Å². The van der Waals surface area contributed by atoms with Gasteiger partial charge in [0.15, 0.2) is 0 Å². The molecule has 0 aliphatic carbocycles. The smallest absolute Gasteiger partial charge is 0.253 e. The van der Waals surface area contributed by atoms with Crippen LogP contribution in [0.1, 0.15) is 41.6 Å². The number of sulfonamides is 1. The van der Waals surface area contributed by atoms with E-state index in [0.29, 0.717) is 12.0 Å². The van der Waals surface area contributed by atoms with Crippen LogP contribution in [-0.2, 0) is 16.4 Å². The SMILES string of the molecule is O=C(c1cccc(S(=O)(=O)NCCc2cn[nH]c2)c1)N1CCCCCC1. The molecule has 140 valence electrons. The second-order valence-corrected chi connectivity index (χ2v) is 8.26. The van der Waals surface area contributed by atoms with Gasteiger partial charge in [-0.05, 0) is 43.0 Å². The molecule has 1 fully saturated rings. The van der Waals surface area contributed by atoms with E-state index in [0.717, 1.165) is 44.3 Å². The van der Waals surface area contributed by atoms with E-state index in [9.17, 15) is 13.2 Å². The standard InChI is InChI=1S/C18H24N4O3S/c23-18(22-10-3-1-2-4-11-22)16-6-5-7-17(12-16)26(24,25)21-9-8-15-13-19-20-14-15/h5-7,12-14,21H,1-4,8-11H2,(H,19,20). The van der Waals surface area contributed by atoms with E-state index in [1.165, 1.54) is 12.1 Å². The molecule has 1 aromatic carbocycles. The first-order valence-electron chi connectivity index (χ1n) is 8.93. The summed E-state index contributed by atoms with van der Waals surface area (Å²) < 4.78 is 27.6. The number of aromatic nitrogens is 2. The van der Waals surface area contributed by atoms with Crippen molar-refractivity contribution >= 4 is 15.9 Å². The van der Waals surface area contributed by atoms with Gasteiger partial charge in [0.25, 0.3) is 5.91 Å². The lowest BCUT2D eigenvalue weighted by molar-refractivity contribution is 0.0761. The van der Waals surface area contributed by atoms with Crippen molar-refractivity contribution in [2.24, 2.45) is 0 Å². The Morgan fingerprint density at radius 1 is 1.19 bits per heavy atom. The normalized spacial score (nSPS) is 15.6. The molecule has 0 saturated carbocycles. The lowest BCUT2D eigenvalue weighted by atomic mass is 10.2. The van der Waals surface area contributed by atoms with Crippen LogP contribution < -0.4 is 4.72 Å². The topological polar surface area (TPSA) is 95.2 Å². The van der Waals surface area contributed by atoms with Gasteiger partial charge in [-0.1, -0.05) is 18.9 Å². The van der Waals surface area contributed by atoms with Gasteiger partial charge in [0.1, 0.15) is 0 Å². The summed E-state index contributed by atoms with van der Waals surface area (Å²) in [5.41, 5.74) is 1.35. The van der Waals surface area contributed by atoms with Crippen molar-refractivity contribution in [1.29, 1.82) is 0 Å². The Labute approximate surface area is 153 Å². The largest absolute Gasteiger partial charge is 0.339 e. The highest BCUT2D eigenvalue weighted by molar-refractivity contribution is 7.89. The first-order valence-corrected chi connectivity index (χ1v) is 10.4. The zero-order valence-corrected chi connectivity index (χ0v) is 15.5. The number of benzene rings is 1. The van der Waals surface area contributed by atoms with E-state index in [2.05, 4.69) is 14.9 Å². The number of nitrogens with one attached hydrogen (secondary N) is 2. The molecule has 1 aliphatic rings. The van der Waals surface area contributed by atoms with Crippen LogP contribution in [0.3, 0.4) is 0 Å². The second kappa shape index (κ2) is 8.46. The number of hydrogen-bond donors (Lipinski definition) is 2. The highest BCUT2D eigenvalue weighted by atomic mass is 32.2. The summed E-state index contributed by atoms with van der Waals surface area (Å²) in [6.45, 7) is 1.74. The monoisotopic (exact) mass is 376 g/mol. The minimum Gasteiger partial charge on any atom is -0.339 e. The first kappa shape index (κ1) is 18.6. The highest BCUT2D eigenvalue weighted by Crippen LogP contribution is 2.16. The molecule has 1 aromatic heterocycles. The predicted molar refractivity (Wildman–Crippen MR) is 98.3 cm³/mol. The van der Waals surface area contributed by atoms with Crippen LogP contribution in [0.25, 0.3) is 0 Å². The fourth-order valence-corrected chi connectivity index (χ4v) is 4.16. The molecule has 3 rings (SSSR count). The summed E-state index contributed by atoms with van der Waals surface area (Å²) >= 11 is 0. The van der Waals surface area contributed by atoms with Gasteiger partial charge < -0.3 is 4.90 Å². The van der Waals surface area contributed by atoms with Gasteiger partial charge in [0, 0.05) is 31.4 Å². The molecule has 8 heteroatoms. The number of carbonyl (C=O) groups is 1. The van der Waals surface area contributed by atoms with Gasteiger partial charge in [-0.3, -0.25) is 9.89 Å². The zero-order valence-electron chi connectivity index (χ0n) is 14.6. The van der Waals surface area contributed by atoms with Crippen molar-refractivity contribution < 1.29 is 13.2 Å². The van der Waals surface area contributed by atoms with Crippen molar-refractivity contribution in [3.05, 3.63) is 47.8 Å². The molecule has 1 saturated heterocycles. The number of rotatable bonds is 6. The summed E-state index contributed by atoms with van der Waals surface area (Å²) in [6, 6.07) is 6.28. The van der Waals surface area contributed by atoms with E-state index >= 15 is 0 Å². The van der Waals surface area contributed by atoms with Crippen LogP contribution in [0.15, 0.2) is 41.6 Å². The van der Waals surface area contributed by atoms with E-state index in [1.54, 1.807) is 24.5 Å². The Hall–Kier alpha value is -2.19. The van der Waals surface area contributed by atoms with Crippen molar-refractivity contribution in [1.82, 2.24) is 19.8 Å². The Morgan fingerprint density at radius 3 is 2.65 bits per heavy atom. The molecule has 2 heterocycles. The minimum absolute atomic E-state index is 0.0950. The van der Waals surface area contributed by atoms with Gasteiger partial charge in [-0.25, -0.2) is 13.1 Å². The number of amides is 1. The Bertz CT molecular complexity index is 826. The third-order valence-corrected chi connectivity index (χ3v) is 6.00. The Kier molecular flexibility index (Phi) is 6.05. The average Bonchev–Trinajstić information content (AvgIpc) is 3.01. The number of aromatic amines is 1. The Morgan fingerprint density at radius 2 is 1.96 bits per heavy atom. The van der Waals surface area contributed by atoms with Gasteiger partial charge >= 0.3 is 0 Å². The molecule has 0 radical (unpaired) electrons. The predicted octanol–water partition coefficient (Wildman–Crippen LogP) is 1.95. The average molecular weight is 376 g/mol. The molecular weight excluding hydrogens is 352 g/mol. The number of hydrogen-bond acceptors (Lipinski definition) is 4. The van der Waals surface area contributed by atoms with Crippen molar-refractivity contribution in [3.63, 3.8) is 0 Å². The molecule has 1 amide bonds. The van der Waals surface area contributed by atoms with Gasteiger partial charge in [-0.2, -0.15) is 5.10 Å². The summed E-state index contributed by atoms with van der Waals surface area (Å²) in [6.07, 6.45) is 8.21. The van der Waals surface area contributed by atoms with Crippen molar-refractivity contribution in [3.8, 4) is 0 Å². The second-order valence-electron chi connectivity index (χ2n) is 6.49. The molecule has 0 atom stereocenters. The molecule has 0 unspecified atom stereocenters. The van der Waals surface area contributed by atoms with E-state index < -0.39 is 10.0 Å². The quantitative estimate of drug-likeness (QED) is 0.805. The third-order valence-electron chi connectivity index (χ3n) is 4.55. The minimum atomic E-state index is -3.66. The van der Waals surface area contributed by atoms with Gasteiger partial charge in [0.05, 0.1) is 11.1 Å². The summed E-state index contributed by atoms with van der Waals surface area (Å²) in [7, 11) is -3.66. The Balaban J connectivity index is 1.67. The molecule has 2 aromatic rings. The van der Waals surface area contributed by atoms with Crippen LogP contribution in [0.5, 0.6) is 0 Å². The summed E-state index contributed by atoms with van der Waals surface area (Å²) in [5, 5.41) is 6.53. The molecular formula is C18H24N4O3S. The number of nitrogens with zero attached hydrogens (tertiary/aromatic N) is 2. The van der Waals surface area contributed by atoms with Gasteiger partial charge in [0.2, 0.25) is 10.0 Å². The highest BCUT2D eigenvalue weighted by Gasteiger charge is 2.20. The maximum absolute atomic E-state index is 12.7. The molecule has 0 bridgehead atoms. The van der Waals surface area contributed by atoms with Crippen LogP contribution in [0.4, 0.5) is 0 Å². The number of likely N-dealkylation sites (tertiary alicyclic amines) is 1. The fraction of sp³-hybridized carbons (Fsp3) is 0.444.